The molecule has 0 atom stereocenters. The van der Waals surface area contributed by atoms with Crippen molar-refractivity contribution in [3.8, 4) is 12.3 Å². The van der Waals surface area contributed by atoms with Gasteiger partial charge in [0.2, 0.25) is 11.9 Å². The normalized spacial score (nSPS) is 16.1. The molecule has 1 aromatic heterocycles. The van der Waals surface area contributed by atoms with Crippen LogP contribution in [0, 0.1) is 18.3 Å². The third kappa shape index (κ3) is 5.04. The number of aromatic nitrogens is 2. The molecule has 2 heterocycles. The topological polar surface area (TPSA) is 70.2 Å². The Morgan fingerprint density at radius 1 is 1.33 bits per heavy atom. The minimum absolute atomic E-state index is 0.104. The van der Waals surface area contributed by atoms with Crippen LogP contribution < -0.4 is 10.6 Å². The van der Waals surface area contributed by atoms with Crippen LogP contribution in [0.25, 0.3) is 0 Å². The van der Waals surface area contributed by atoms with Crippen molar-refractivity contribution in [1.29, 1.82) is 0 Å². The number of hydrogen-bond acceptors (Lipinski definition) is 5. The highest BCUT2D eigenvalue weighted by atomic mass is 16.1. The van der Waals surface area contributed by atoms with Gasteiger partial charge in [-0.1, -0.05) is 5.92 Å². The van der Waals surface area contributed by atoms with Crippen LogP contribution in [0.3, 0.4) is 0 Å². The number of nitrogens with one attached hydrogen (secondary N) is 2. The number of carbonyl (C=O) groups excluding carboxylic acids is 1. The molecule has 1 aromatic rings. The van der Waals surface area contributed by atoms with E-state index >= 15 is 0 Å². The molecule has 0 unspecified atom stereocenters. The Bertz CT molecular complexity index is 477. The standard InChI is InChI=1S/C15H21N5O/c1-2-10-20-11-4-13(5-12-20)14(21)16-8-9-19-15-17-6-3-7-18-15/h1,3,6-7,13H,4-5,8-12H2,(H,16,21)(H,17,18,19). The molecule has 1 aliphatic heterocycles. The van der Waals surface area contributed by atoms with Crippen molar-refractivity contribution in [1.82, 2.24) is 20.2 Å². The van der Waals surface area contributed by atoms with Gasteiger partial charge in [-0.3, -0.25) is 9.69 Å². The maximum absolute atomic E-state index is 12.0. The Morgan fingerprint density at radius 2 is 2.05 bits per heavy atom. The number of carbonyl (C=O) groups is 1. The van der Waals surface area contributed by atoms with Gasteiger partial charge in [-0.2, -0.15) is 0 Å². The van der Waals surface area contributed by atoms with Crippen LogP contribution in [0.1, 0.15) is 12.8 Å². The fourth-order valence-electron chi connectivity index (χ4n) is 2.38. The molecule has 6 heteroatoms. The monoisotopic (exact) mass is 287 g/mol. The third-order valence-corrected chi connectivity index (χ3v) is 3.55. The lowest BCUT2D eigenvalue weighted by molar-refractivity contribution is -0.126. The van der Waals surface area contributed by atoms with Gasteiger partial charge < -0.3 is 10.6 Å². The number of rotatable bonds is 6. The number of terminal acetylenes is 1. The molecular weight excluding hydrogens is 266 g/mol. The molecule has 1 aliphatic rings. The summed E-state index contributed by atoms with van der Waals surface area (Å²) in [6, 6.07) is 1.76. The van der Waals surface area contributed by atoms with E-state index in [1.807, 2.05) is 0 Å². The fraction of sp³-hybridized carbons (Fsp3) is 0.533. The molecule has 0 aromatic carbocycles. The quantitative estimate of drug-likeness (QED) is 0.583. The predicted octanol–water partition coefficient (Wildman–Crippen LogP) is 0.350. The first-order valence-corrected chi connectivity index (χ1v) is 7.24. The summed E-state index contributed by atoms with van der Waals surface area (Å²) in [4.78, 5) is 22.4. The van der Waals surface area contributed by atoms with Crippen LogP contribution >= 0.6 is 0 Å². The van der Waals surface area contributed by atoms with Gasteiger partial charge in [0.15, 0.2) is 0 Å². The lowest BCUT2D eigenvalue weighted by Gasteiger charge is -2.29. The molecule has 21 heavy (non-hydrogen) atoms. The molecule has 0 saturated carbocycles. The van der Waals surface area contributed by atoms with Crippen LogP contribution in [0.15, 0.2) is 18.5 Å². The van der Waals surface area contributed by atoms with Crippen molar-refractivity contribution in [2.24, 2.45) is 5.92 Å². The van der Waals surface area contributed by atoms with Crippen LogP contribution in [-0.4, -0.2) is 53.5 Å². The van der Waals surface area contributed by atoms with E-state index in [1.54, 1.807) is 18.5 Å². The van der Waals surface area contributed by atoms with Crippen molar-refractivity contribution < 1.29 is 4.79 Å². The molecular formula is C15H21N5O. The molecule has 0 spiro atoms. The summed E-state index contributed by atoms with van der Waals surface area (Å²) in [5.41, 5.74) is 0. The van der Waals surface area contributed by atoms with Gasteiger partial charge in [-0.15, -0.1) is 6.42 Å². The maximum atomic E-state index is 12.0. The summed E-state index contributed by atoms with van der Waals surface area (Å²) in [7, 11) is 0. The number of anilines is 1. The maximum Gasteiger partial charge on any atom is 0.223 e. The summed E-state index contributed by atoms with van der Waals surface area (Å²) < 4.78 is 0. The minimum atomic E-state index is 0.104. The van der Waals surface area contributed by atoms with Crippen LogP contribution in [0.5, 0.6) is 0 Å². The van der Waals surface area contributed by atoms with Crippen molar-refractivity contribution in [2.75, 3.05) is 38.0 Å². The molecule has 0 bridgehead atoms. The second-order valence-corrected chi connectivity index (χ2v) is 5.04. The first kappa shape index (κ1) is 15.3. The third-order valence-electron chi connectivity index (χ3n) is 3.55. The number of amides is 1. The molecule has 1 fully saturated rings. The zero-order valence-electron chi connectivity index (χ0n) is 12.1. The van der Waals surface area contributed by atoms with Crippen LogP contribution in [0.4, 0.5) is 5.95 Å². The fourth-order valence-corrected chi connectivity index (χ4v) is 2.38. The average molecular weight is 287 g/mol. The molecule has 0 aliphatic carbocycles. The highest BCUT2D eigenvalue weighted by Crippen LogP contribution is 2.16. The molecule has 1 amide bonds. The minimum Gasteiger partial charge on any atom is -0.354 e. The van der Waals surface area contributed by atoms with Crippen LogP contribution in [0.2, 0.25) is 0 Å². The zero-order chi connectivity index (χ0) is 14.9. The van der Waals surface area contributed by atoms with E-state index in [2.05, 4.69) is 31.4 Å². The largest absolute Gasteiger partial charge is 0.354 e. The highest BCUT2D eigenvalue weighted by molar-refractivity contribution is 5.78. The molecule has 112 valence electrons. The van der Waals surface area contributed by atoms with Crippen LogP contribution in [-0.2, 0) is 4.79 Å². The van der Waals surface area contributed by atoms with E-state index in [9.17, 15) is 4.79 Å². The van der Waals surface area contributed by atoms with Crippen molar-refractivity contribution in [3.63, 3.8) is 0 Å². The predicted molar refractivity (Wildman–Crippen MR) is 81.5 cm³/mol. The molecule has 2 rings (SSSR count). The number of likely N-dealkylation sites (tertiary alicyclic amines) is 1. The summed E-state index contributed by atoms with van der Waals surface area (Å²) in [6.07, 6.45) is 10.4. The summed E-state index contributed by atoms with van der Waals surface area (Å²) in [5.74, 6) is 3.46. The lowest BCUT2D eigenvalue weighted by Crippen LogP contribution is -2.41. The van der Waals surface area contributed by atoms with E-state index < -0.39 is 0 Å². The second kappa shape index (κ2) is 8.22. The van der Waals surface area contributed by atoms with E-state index in [1.165, 1.54) is 0 Å². The second-order valence-electron chi connectivity index (χ2n) is 5.04. The number of nitrogens with zero attached hydrogens (tertiary/aromatic N) is 3. The highest BCUT2D eigenvalue weighted by Gasteiger charge is 2.23. The first-order chi connectivity index (χ1) is 10.3. The molecule has 1 saturated heterocycles. The van der Waals surface area contributed by atoms with Gasteiger partial charge in [0.25, 0.3) is 0 Å². The number of piperidine rings is 1. The van der Waals surface area contributed by atoms with E-state index in [4.69, 9.17) is 6.42 Å². The Hall–Kier alpha value is -2.13. The summed E-state index contributed by atoms with van der Waals surface area (Å²) in [5, 5.41) is 6.01. The molecule has 0 radical (unpaired) electrons. The average Bonchev–Trinajstić information content (AvgIpc) is 2.53. The van der Waals surface area contributed by atoms with Gasteiger partial charge in [0.05, 0.1) is 6.54 Å². The SMILES string of the molecule is C#CCN1CCC(C(=O)NCCNc2ncccn2)CC1. The van der Waals surface area contributed by atoms with Crippen molar-refractivity contribution in [3.05, 3.63) is 18.5 Å². The smallest absolute Gasteiger partial charge is 0.223 e. The van der Waals surface area contributed by atoms with Gasteiger partial charge in [0, 0.05) is 31.4 Å². The van der Waals surface area contributed by atoms with E-state index in [-0.39, 0.29) is 11.8 Å². The first-order valence-electron chi connectivity index (χ1n) is 7.24. The van der Waals surface area contributed by atoms with E-state index in [0.717, 1.165) is 25.9 Å². The summed E-state index contributed by atoms with van der Waals surface area (Å²) >= 11 is 0. The molecule has 2 N–H and O–H groups in total. The Morgan fingerprint density at radius 3 is 2.71 bits per heavy atom. The zero-order valence-corrected chi connectivity index (χ0v) is 12.1. The van der Waals surface area contributed by atoms with Gasteiger partial charge >= 0.3 is 0 Å². The lowest BCUT2D eigenvalue weighted by atomic mass is 9.96. The number of hydrogen-bond donors (Lipinski definition) is 2. The molecule has 6 nitrogen and oxygen atoms in total. The van der Waals surface area contributed by atoms with E-state index in [0.29, 0.717) is 25.6 Å². The summed E-state index contributed by atoms with van der Waals surface area (Å²) in [6.45, 7) is 3.67. The van der Waals surface area contributed by atoms with Gasteiger partial charge in [-0.05, 0) is 32.0 Å². The van der Waals surface area contributed by atoms with Crippen molar-refractivity contribution in [2.45, 2.75) is 12.8 Å². The van der Waals surface area contributed by atoms with Crippen molar-refractivity contribution >= 4 is 11.9 Å². The Kier molecular flexibility index (Phi) is 5.98. The Labute approximate surface area is 125 Å². The Balaban J connectivity index is 1.61. The van der Waals surface area contributed by atoms with Gasteiger partial charge in [-0.25, -0.2) is 9.97 Å². The van der Waals surface area contributed by atoms with Gasteiger partial charge in [0.1, 0.15) is 0 Å².